The second-order valence-corrected chi connectivity index (χ2v) is 8.09. The van der Waals surface area contributed by atoms with Gasteiger partial charge in [-0.25, -0.2) is 4.79 Å². The molecule has 9 nitrogen and oxygen atoms in total. The lowest BCUT2D eigenvalue weighted by Gasteiger charge is -2.08. The molecule has 0 heterocycles. The number of methoxy groups -OCH3 is 1. The summed E-state index contributed by atoms with van der Waals surface area (Å²) in [5.74, 6) is -0.580. The summed E-state index contributed by atoms with van der Waals surface area (Å²) in [6, 6.07) is 16.4. The molecule has 0 amide bonds. The highest BCUT2D eigenvalue weighted by atomic mass is 16.6. The maximum absolute atomic E-state index is 12.3. The largest absolute Gasteiger partial charge is 0.493 e. The molecule has 0 fully saturated rings. The quantitative estimate of drug-likeness (QED) is 0.158. The van der Waals surface area contributed by atoms with E-state index in [0.29, 0.717) is 22.6 Å². The molecule has 3 aromatic rings. The highest BCUT2D eigenvalue weighted by Crippen LogP contribution is 2.29. The van der Waals surface area contributed by atoms with E-state index in [9.17, 15) is 19.2 Å². The topological polar surface area (TPSA) is 114 Å². The van der Waals surface area contributed by atoms with Gasteiger partial charge in [0, 0.05) is 32.9 Å². The lowest BCUT2D eigenvalue weighted by atomic mass is 10.1. The molecule has 39 heavy (non-hydrogen) atoms. The summed E-state index contributed by atoms with van der Waals surface area (Å²) in [4.78, 5) is 46.1. The minimum absolute atomic E-state index is 0.245. The minimum Gasteiger partial charge on any atom is -0.493 e. The number of ether oxygens (including phenoxy) is 5. The van der Waals surface area contributed by atoms with Crippen LogP contribution in [0.3, 0.4) is 0 Å². The second kappa shape index (κ2) is 13.4. The highest BCUT2D eigenvalue weighted by molar-refractivity contribution is 5.89. The highest BCUT2D eigenvalue weighted by Gasteiger charge is 2.08. The Morgan fingerprint density at radius 3 is 1.67 bits per heavy atom. The van der Waals surface area contributed by atoms with E-state index in [1.165, 1.54) is 40.0 Å². The van der Waals surface area contributed by atoms with E-state index in [0.717, 1.165) is 5.56 Å². The Morgan fingerprint density at radius 2 is 1.10 bits per heavy atom. The molecule has 0 saturated carbocycles. The Hall–Kier alpha value is -5.18. The molecule has 0 radical (unpaired) electrons. The van der Waals surface area contributed by atoms with E-state index in [-0.39, 0.29) is 17.2 Å². The third-order valence-electron chi connectivity index (χ3n) is 4.85. The van der Waals surface area contributed by atoms with Gasteiger partial charge in [0.1, 0.15) is 17.2 Å². The van der Waals surface area contributed by atoms with Crippen molar-refractivity contribution >= 4 is 42.1 Å². The van der Waals surface area contributed by atoms with E-state index in [2.05, 4.69) is 0 Å². The molecule has 0 atom stereocenters. The molecule has 0 unspecified atom stereocenters. The van der Waals surface area contributed by atoms with Crippen molar-refractivity contribution in [2.24, 2.45) is 0 Å². The third kappa shape index (κ3) is 9.32. The SMILES string of the molecule is COc1cc(C=CC(=O)Oc2ccc(C=Cc3cc(OC(C)=O)cc(OC(C)=O)c3)cc2)ccc1OC(C)=O. The minimum atomic E-state index is -0.582. The van der Waals surface area contributed by atoms with E-state index in [1.807, 2.05) is 0 Å². The lowest BCUT2D eigenvalue weighted by molar-refractivity contribution is -0.133. The summed E-state index contributed by atoms with van der Waals surface area (Å²) in [6.45, 7) is 3.85. The van der Waals surface area contributed by atoms with Crippen molar-refractivity contribution in [3.05, 3.63) is 83.4 Å². The van der Waals surface area contributed by atoms with Crippen molar-refractivity contribution < 1.29 is 42.9 Å². The van der Waals surface area contributed by atoms with Crippen LogP contribution >= 0.6 is 0 Å². The molecule has 0 aliphatic carbocycles. The third-order valence-corrected chi connectivity index (χ3v) is 4.85. The van der Waals surface area contributed by atoms with Gasteiger partial charge in [0.25, 0.3) is 0 Å². The van der Waals surface area contributed by atoms with Gasteiger partial charge in [0.05, 0.1) is 7.11 Å². The molecular formula is C30H26O9. The zero-order valence-corrected chi connectivity index (χ0v) is 21.8. The van der Waals surface area contributed by atoms with Crippen LogP contribution in [0.4, 0.5) is 0 Å². The molecule has 0 saturated heterocycles. The molecule has 9 heteroatoms. The van der Waals surface area contributed by atoms with Gasteiger partial charge < -0.3 is 23.7 Å². The van der Waals surface area contributed by atoms with E-state index in [4.69, 9.17) is 23.7 Å². The van der Waals surface area contributed by atoms with Crippen LogP contribution in [0, 0.1) is 0 Å². The smallest absolute Gasteiger partial charge is 0.336 e. The van der Waals surface area contributed by atoms with Crippen molar-refractivity contribution in [1.82, 2.24) is 0 Å². The number of benzene rings is 3. The maximum Gasteiger partial charge on any atom is 0.336 e. The Balaban J connectivity index is 1.65. The average molecular weight is 531 g/mol. The van der Waals surface area contributed by atoms with Crippen LogP contribution < -0.4 is 23.7 Å². The lowest BCUT2D eigenvalue weighted by Crippen LogP contribution is -2.04. The summed E-state index contributed by atoms with van der Waals surface area (Å²) < 4.78 is 25.9. The van der Waals surface area contributed by atoms with Crippen molar-refractivity contribution in [3.63, 3.8) is 0 Å². The van der Waals surface area contributed by atoms with Crippen LogP contribution in [-0.4, -0.2) is 31.0 Å². The van der Waals surface area contributed by atoms with Gasteiger partial charge in [0.15, 0.2) is 11.5 Å². The summed E-state index contributed by atoms with van der Waals surface area (Å²) in [6.07, 6.45) is 6.37. The van der Waals surface area contributed by atoms with Gasteiger partial charge in [-0.15, -0.1) is 0 Å². The first kappa shape index (κ1) is 28.4. The number of carbonyl (C=O) groups is 4. The van der Waals surface area contributed by atoms with Gasteiger partial charge in [-0.05, 0) is 59.2 Å². The van der Waals surface area contributed by atoms with E-state index in [1.54, 1.807) is 72.8 Å². The summed E-state index contributed by atoms with van der Waals surface area (Å²) in [5.41, 5.74) is 2.09. The van der Waals surface area contributed by atoms with Gasteiger partial charge in [-0.3, -0.25) is 14.4 Å². The normalized spacial score (nSPS) is 10.8. The number of hydrogen-bond acceptors (Lipinski definition) is 9. The first-order valence-electron chi connectivity index (χ1n) is 11.7. The van der Waals surface area contributed by atoms with Crippen molar-refractivity contribution in [2.45, 2.75) is 20.8 Å². The molecule has 0 spiro atoms. The molecule has 200 valence electrons. The van der Waals surface area contributed by atoms with Gasteiger partial charge in [-0.1, -0.05) is 30.4 Å². The van der Waals surface area contributed by atoms with Gasteiger partial charge in [-0.2, -0.15) is 0 Å². The van der Waals surface area contributed by atoms with Crippen molar-refractivity contribution in [1.29, 1.82) is 0 Å². The summed E-state index contributed by atoms with van der Waals surface area (Å²) in [5, 5.41) is 0. The number of rotatable bonds is 9. The average Bonchev–Trinajstić information content (AvgIpc) is 2.86. The molecule has 0 aliphatic rings. The predicted molar refractivity (Wildman–Crippen MR) is 143 cm³/mol. The predicted octanol–water partition coefficient (Wildman–Crippen LogP) is 5.26. The maximum atomic E-state index is 12.3. The first-order chi connectivity index (χ1) is 18.6. The number of hydrogen-bond donors (Lipinski definition) is 0. The molecule has 0 aromatic heterocycles. The molecule has 0 bridgehead atoms. The van der Waals surface area contributed by atoms with Crippen molar-refractivity contribution in [2.75, 3.05) is 7.11 Å². The van der Waals surface area contributed by atoms with Crippen LogP contribution in [0.2, 0.25) is 0 Å². The van der Waals surface area contributed by atoms with Crippen LogP contribution in [0.5, 0.6) is 28.7 Å². The van der Waals surface area contributed by atoms with Crippen LogP contribution in [-0.2, 0) is 19.2 Å². The number of carbonyl (C=O) groups excluding carboxylic acids is 4. The fourth-order valence-corrected chi connectivity index (χ4v) is 3.32. The van der Waals surface area contributed by atoms with Crippen LogP contribution in [0.15, 0.2) is 66.7 Å². The van der Waals surface area contributed by atoms with Crippen molar-refractivity contribution in [3.8, 4) is 28.7 Å². The molecule has 3 rings (SSSR count). The zero-order chi connectivity index (χ0) is 28.4. The number of esters is 4. The first-order valence-corrected chi connectivity index (χ1v) is 11.7. The van der Waals surface area contributed by atoms with Gasteiger partial charge >= 0.3 is 23.9 Å². The Bertz CT molecular complexity index is 1400. The fraction of sp³-hybridized carbons (Fsp3) is 0.133. The zero-order valence-electron chi connectivity index (χ0n) is 21.8. The molecule has 0 N–H and O–H groups in total. The van der Waals surface area contributed by atoms with Crippen LogP contribution in [0.25, 0.3) is 18.2 Å². The Morgan fingerprint density at radius 1 is 0.538 bits per heavy atom. The van der Waals surface area contributed by atoms with Gasteiger partial charge in [0.2, 0.25) is 0 Å². The molecule has 3 aromatic carbocycles. The Labute approximate surface area is 225 Å². The summed E-state index contributed by atoms with van der Waals surface area (Å²) >= 11 is 0. The van der Waals surface area contributed by atoms with Crippen LogP contribution in [0.1, 0.15) is 37.5 Å². The fourth-order valence-electron chi connectivity index (χ4n) is 3.32. The Kier molecular flexibility index (Phi) is 9.75. The summed E-state index contributed by atoms with van der Waals surface area (Å²) in [7, 11) is 1.45. The second-order valence-electron chi connectivity index (χ2n) is 8.09. The molecule has 0 aliphatic heterocycles. The van der Waals surface area contributed by atoms with E-state index < -0.39 is 23.9 Å². The monoisotopic (exact) mass is 530 g/mol. The van der Waals surface area contributed by atoms with E-state index >= 15 is 0 Å². The standard InChI is InChI=1S/C30H26O9/c1-19(31)36-26-15-24(16-27(18-26)37-20(2)32)6-5-22-7-11-25(12-8-22)39-30(34)14-10-23-9-13-28(38-21(3)33)29(17-23)35-4/h5-18H,1-4H3. The molecular weight excluding hydrogens is 504 g/mol.